The number of likely N-dealkylation sites (N-methyl/N-ethyl adjacent to an activating group) is 1. The molecule has 0 unspecified atom stereocenters. The van der Waals surface area contributed by atoms with E-state index >= 15 is 0 Å². The van der Waals surface area contributed by atoms with Crippen molar-refractivity contribution in [1.82, 2.24) is 14.8 Å². The molecule has 0 spiro atoms. The van der Waals surface area contributed by atoms with Gasteiger partial charge in [0, 0.05) is 59.8 Å². The number of sulfonamides is 1. The topological polar surface area (TPSA) is 115 Å². The van der Waals surface area contributed by atoms with E-state index < -0.39 is 16.0 Å². The molecule has 10 nitrogen and oxygen atoms in total. The number of anilines is 2. The van der Waals surface area contributed by atoms with Crippen LogP contribution in [0.4, 0.5) is 11.4 Å². The Kier molecular flexibility index (Phi) is 8.93. The lowest BCUT2D eigenvalue weighted by molar-refractivity contribution is -0.110. The van der Waals surface area contributed by atoms with Gasteiger partial charge in [0.25, 0.3) is 15.9 Å². The number of aromatic nitrogens is 1. The number of halogens is 1. The number of carbonyl (C=O) groups excluding carboxylic acids is 2. The van der Waals surface area contributed by atoms with Gasteiger partial charge in [-0.15, -0.1) is 0 Å². The number of nitrogens with one attached hydrogen (secondary N) is 2. The highest BCUT2D eigenvalue weighted by molar-refractivity contribution is 9.10. The van der Waals surface area contributed by atoms with Crippen LogP contribution in [0.15, 0.2) is 45.8 Å². The Morgan fingerprint density at radius 3 is 2.62 bits per heavy atom. The van der Waals surface area contributed by atoms with Gasteiger partial charge in [-0.05, 0) is 100 Å². The van der Waals surface area contributed by atoms with Gasteiger partial charge in [0.15, 0.2) is 0 Å². The summed E-state index contributed by atoms with van der Waals surface area (Å²) in [7, 11) is -1.75. The van der Waals surface area contributed by atoms with E-state index in [0.29, 0.717) is 58.8 Å². The van der Waals surface area contributed by atoms with Crippen LogP contribution in [0.5, 0.6) is 0 Å². The molecule has 3 aromatic rings. The number of hydrogen-bond acceptors (Lipinski definition) is 7. The number of H-pyrrole nitrogens is 1. The van der Waals surface area contributed by atoms with Gasteiger partial charge in [0.05, 0.1) is 28.3 Å². The predicted molar refractivity (Wildman–Crippen MR) is 179 cm³/mol. The van der Waals surface area contributed by atoms with E-state index in [2.05, 4.69) is 43.1 Å². The molecule has 2 N–H and O–H groups in total. The van der Waals surface area contributed by atoms with Gasteiger partial charge in [-0.25, -0.2) is 13.2 Å². The summed E-state index contributed by atoms with van der Waals surface area (Å²) in [5.74, 6) is -0.725. The van der Waals surface area contributed by atoms with Crippen molar-refractivity contribution in [2.75, 3.05) is 62.5 Å². The number of ether oxygens (including phenoxy) is 1. The van der Waals surface area contributed by atoms with Gasteiger partial charge < -0.3 is 24.8 Å². The second-order valence-corrected chi connectivity index (χ2v) is 14.6. The van der Waals surface area contributed by atoms with Gasteiger partial charge in [-0.3, -0.25) is 9.10 Å². The average Bonchev–Trinajstić information content (AvgIpc) is 3.67. The maximum absolute atomic E-state index is 13.9. The summed E-state index contributed by atoms with van der Waals surface area (Å²) >= 11 is 3.47. The number of esters is 1. The lowest BCUT2D eigenvalue weighted by atomic mass is 10.00. The fraction of sp³-hybridized carbons (Fsp3) is 0.394. The molecule has 3 aliphatic rings. The van der Waals surface area contributed by atoms with Crippen LogP contribution in [0.2, 0.25) is 0 Å². The summed E-state index contributed by atoms with van der Waals surface area (Å²) in [4.78, 5) is 34.5. The predicted octanol–water partition coefficient (Wildman–Crippen LogP) is 4.69. The third-order valence-electron chi connectivity index (χ3n) is 8.85. The number of aromatic amines is 1. The molecule has 0 aliphatic carbocycles. The number of rotatable bonds is 9. The van der Waals surface area contributed by atoms with Crippen molar-refractivity contribution in [3.8, 4) is 0 Å². The maximum atomic E-state index is 13.9. The van der Waals surface area contributed by atoms with Gasteiger partial charge in [-0.1, -0.05) is 15.9 Å². The van der Waals surface area contributed by atoms with Crippen molar-refractivity contribution in [3.63, 3.8) is 0 Å². The number of nitrogens with zero attached hydrogens (tertiary/aromatic N) is 3. The number of fused-ring (bicyclic) bond motifs is 2. The minimum Gasteiger partial charge on any atom is -0.462 e. The van der Waals surface area contributed by atoms with E-state index in [9.17, 15) is 18.0 Å². The lowest BCUT2D eigenvalue weighted by Gasteiger charge is -2.32. The standard InChI is InChI=1S/C33H38BrN5O5S/c1-4-44-33(41)31-21(2)35-29(25(31)6-5-12-38-16-14-37(3)15-17-38)20-27-26-19-24(8-9-28(26)36-32(27)40)45(42,43)39-13-11-22-18-23(34)7-10-30(22)39/h7-10,18-20,35H,4-6,11-17H2,1-3H3,(H,36,40). The zero-order valence-corrected chi connectivity index (χ0v) is 28.2. The monoisotopic (exact) mass is 695 g/mol. The third-order valence-corrected chi connectivity index (χ3v) is 11.1. The highest BCUT2D eigenvalue weighted by Gasteiger charge is 2.34. The normalized spacial score (nSPS) is 17.9. The highest BCUT2D eigenvalue weighted by Crippen LogP contribution is 2.39. The molecule has 0 bridgehead atoms. The molecule has 1 aromatic heterocycles. The number of amides is 1. The SMILES string of the molecule is CCOC(=O)c1c(C)[nH]c(C=C2C(=O)Nc3ccc(S(=O)(=O)N4CCc5cc(Br)ccc54)cc32)c1CCCN1CCN(C)CC1. The molecule has 45 heavy (non-hydrogen) atoms. The molecule has 1 saturated heterocycles. The van der Waals surface area contributed by atoms with Crippen molar-refractivity contribution in [2.24, 2.45) is 0 Å². The summed E-state index contributed by atoms with van der Waals surface area (Å²) in [6, 6.07) is 10.3. The van der Waals surface area contributed by atoms with Crippen molar-refractivity contribution in [1.29, 1.82) is 0 Å². The van der Waals surface area contributed by atoms with E-state index in [-0.39, 0.29) is 17.4 Å². The second-order valence-electron chi connectivity index (χ2n) is 11.8. The van der Waals surface area contributed by atoms with E-state index in [4.69, 9.17) is 4.74 Å². The minimum atomic E-state index is -3.88. The van der Waals surface area contributed by atoms with Crippen LogP contribution in [0.25, 0.3) is 11.6 Å². The Morgan fingerprint density at radius 1 is 1.09 bits per heavy atom. The van der Waals surface area contributed by atoms with Crippen LogP contribution >= 0.6 is 15.9 Å². The fourth-order valence-electron chi connectivity index (χ4n) is 6.45. The van der Waals surface area contributed by atoms with Gasteiger partial charge >= 0.3 is 5.97 Å². The molecule has 3 aliphatic heterocycles. The van der Waals surface area contributed by atoms with E-state index in [1.807, 2.05) is 25.1 Å². The molecular formula is C33H38BrN5O5S. The number of hydrogen-bond donors (Lipinski definition) is 2. The first-order chi connectivity index (χ1) is 21.6. The summed E-state index contributed by atoms with van der Waals surface area (Å²) in [6.45, 7) is 9.19. The zero-order valence-electron chi connectivity index (χ0n) is 25.8. The molecule has 6 rings (SSSR count). The minimum absolute atomic E-state index is 0.113. The molecule has 12 heteroatoms. The van der Waals surface area contributed by atoms with Gasteiger partial charge in [-0.2, -0.15) is 0 Å². The molecule has 4 heterocycles. The van der Waals surface area contributed by atoms with Crippen LogP contribution in [0, 0.1) is 6.92 Å². The van der Waals surface area contributed by atoms with Crippen LogP contribution < -0.4 is 9.62 Å². The molecule has 0 saturated carbocycles. The maximum Gasteiger partial charge on any atom is 0.340 e. The van der Waals surface area contributed by atoms with Crippen LogP contribution in [0.3, 0.4) is 0 Å². The van der Waals surface area contributed by atoms with E-state index in [0.717, 1.165) is 54.7 Å². The summed E-state index contributed by atoms with van der Waals surface area (Å²) in [5.41, 5.74) is 5.64. The van der Waals surface area contributed by atoms with E-state index in [1.165, 1.54) is 10.4 Å². The van der Waals surface area contributed by atoms with Crippen LogP contribution in [-0.2, 0) is 32.4 Å². The lowest BCUT2D eigenvalue weighted by Crippen LogP contribution is -2.44. The Labute approximate surface area is 272 Å². The molecule has 0 atom stereocenters. The third kappa shape index (κ3) is 6.20. The molecule has 238 valence electrons. The van der Waals surface area contributed by atoms with Gasteiger partial charge in [0.2, 0.25) is 0 Å². The first-order valence-corrected chi connectivity index (χ1v) is 17.6. The fourth-order valence-corrected chi connectivity index (χ4v) is 8.38. The Hall–Kier alpha value is -3.45. The largest absolute Gasteiger partial charge is 0.462 e. The summed E-state index contributed by atoms with van der Waals surface area (Å²) < 4.78 is 35.5. The first kappa shape index (κ1) is 31.5. The quantitative estimate of drug-likeness (QED) is 0.247. The van der Waals surface area contributed by atoms with Crippen LogP contribution in [0.1, 0.15) is 51.8 Å². The Balaban J connectivity index is 1.33. The summed E-state index contributed by atoms with van der Waals surface area (Å²) in [6.07, 6.45) is 3.82. The van der Waals surface area contributed by atoms with Gasteiger partial charge in [0.1, 0.15) is 0 Å². The van der Waals surface area contributed by atoms with Crippen molar-refractivity contribution in [3.05, 3.63) is 74.5 Å². The average molecular weight is 697 g/mol. The zero-order chi connectivity index (χ0) is 31.9. The molecule has 1 fully saturated rings. The molecule has 0 radical (unpaired) electrons. The van der Waals surface area contributed by atoms with Crippen molar-refractivity contribution < 1.29 is 22.7 Å². The molecule has 1 amide bonds. The number of benzene rings is 2. The Bertz CT molecular complexity index is 1790. The smallest absolute Gasteiger partial charge is 0.340 e. The van der Waals surface area contributed by atoms with E-state index in [1.54, 1.807) is 25.1 Å². The Morgan fingerprint density at radius 2 is 1.87 bits per heavy atom. The summed E-state index contributed by atoms with van der Waals surface area (Å²) in [5, 5.41) is 2.87. The number of carbonyl (C=O) groups is 2. The number of aryl methyl sites for hydroxylation is 1. The highest BCUT2D eigenvalue weighted by atomic mass is 79.9. The van der Waals surface area contributed by atoms with Crippen molar-refractivity contribution >= 4 is 60.9 Å². The molecular weight excluding hydrogens is 658 g/mol. The van der Waals surface area contributed by atoms with Crippen molar-refractivity contribution in [2.45, 2.75) is 38.0 Å². The molecule has 2 aromatic carbocycles. The second kappa shape index (κ2) is 12.7. The van der Waals surface area contributed by atoms with Crippen LogP contribution in [-0.4, -0.2) is 88.0 Å². The first-order valence-electron chi connectivity index (χ1n) is 15.3. The number of piperazine rings is 1.